The Hall–Kier alpha value is -0.980. The van der Waals surface area contributed by atoms with Crippen molar-refractivity contribution in [1.29, 1.82) is 0 Å². The summed E-state index contributed by atoms with van der Waals surface area (Å²) in [4.78, 5) is 0. The highest BCUT2D eigenvalue weighted by Crippen LogP contribution is 2.15. The van der Waals surface area contributed by atoms with Crippen LogP contribution in [0.5, 0.6) is 0 Å². The fourth-order valence-electron chi connectivity index (χ4n) is 4.69. The van der Waals surface area contributed by atoms with Gasteiger partial charge in [0.2, 0.25) is 0 Å². The maximum absolute atomic E-state index is 2.30. The van der Waals surface area contributed by atoms with Crippen molar-refractivity contribution < 1.29 is 0 Å². The molecule has 32 heavy (non-hydrogen) atoms. The third-order valence-electron chi connectivity index (χ3n) is 6.88. The first-order valence-corrected chi connectivity index (χ1v) is 14.7. The SMILES string of the molecule is CCCCCCCCCCCCCCCCCCCCCCCCCC=Cn1cccc1. The van der Waals surface area contributed by atoms with Gasteiger partial charge in [0.15, 0.2) is 0 Å². The Labute approximate surface area is 202 Å². The van der Waals surface area contributed by atoms with Gasteiger partial charge in [-0.05, 0) is 25.0 Å². The van der Waals surface area contributed by atoms with Crippen LogP contribution in [0, 0.1) is 0 Å². The monoisotopic (exact) mass is 443 g/mol. The molecule has 0 aliphatic rings. The van der Waals surface area contributed by atoms with Gasteiger partial charge in [0, 0.05) is 18.6 Å². The zero-order valence-corrected chi connectivity index (χ0v) is 21.9. The average molecular weight is 444 g/mol. The molecule has 1 heteroatoms. The first-order valence-electron chi connectivity index (χ1n) is 14.7. The standard InChI is InChI=1S/C31H57N/c1-2-3-4-5-6-7-8-9-10-11-12-13-14-15-16-17-18-19-20-21-22-23-24-25-26-29-32-30-27-28-31-32/h26-31H,2-25H2,1H3. The lowest BCUT2D eigenvalue weighted by atomic mass is 10.0. The largest absolute Gasteiger partial charge is 0.331 e. The highest BCUT2D eigenvalue weighted by atomic mass is 14.9. The first-order chi connectivity index (χ1) is 15.9. The molecule has 1 aromatic rings. The molecule has 0 unspecified atom stereocenters. The molecule has 1 rings (SSSR count). The Balaban J connectivity index is 1.64. The smallest absolute Gasteiger partial charge is 0.00823 e. The zero-order valence-electron chi connectivity index (χ0n) is 21.9. The van der Waals surface area contributed by atoms with Crippen molar-refractivity contribution in [3.8, 4) is 0 Å². The normalized spacial score (nSPS) is 11.7. The molecule has 1 aromatic heterocycles. The molecule has 0 bridgehead atoms. The van der Waals surface area contributed by atoms with Crippen molar-refractivity contribution in [3.05, 3.63) is 30.6 Å². The molecular formula is C31H57N. The highest BCUT2D eigenvalue weighted by Gasteiger charge is 1.96. The summed E-state index contributed by atoms with van der Waals surface area (Å²) in [6.07, 6.45) is 43.4. The van der Waals surface area contributed by atoms with Crippen molar-refractivity contribution in [2.75, 3.05) is 0 Å². The lowest BCUT2D eigenvalue weighted by molar-refractivity contribution is 0.518. The van der Waals surface area contributed by atoms with Crippen LogP contribution in [0.1, 0.15) is 161 Å². The molecule has 0 fully saturated rings. The third-order valence-corrected chi connectivity index (χ3v) is 6.88. The molecule has 0 saturated heterocycles. The highest BCUT2D eigenvalue weighted by molar-refractivity contribution is 5.22. The van der Waals surface area contributed by atoms with Crippen molar-refractivity contribution in [2.24, 2.45) is 0 Å². The second kappa shape index (κ2) is 24.7. The number of rotatable bonds is 25. The molecule has 0 spiro atoms. The molecule has 0 N–H and O–H groups in total. The molecule has 0 radical (unpaired) electrons. The number of unbranched alkanes of at least 4 members (excludes halogenated alkanes) is 23. The van der Waals surface area contributed by atoms with Gasteiger partial charge in [-0.1, -0.05) is 154 Å². The molecule has 0 atom stereocenters. The molecule has 0 aliphatic carbocycles. The summed E-state index contributed by atoms with van der Waals surface area (Å²) in [5.41, 5.74) is 0. The molecule has 0 aliphatic heterocycles. The summed E-state index contributed by atoms with van der Waals surface area (Å²) in [6.45, 7) is 2.30. The fourth-order valence-corrected chi connectivity index (χ4v) is 4.69. The molecule has 186 valence electrons. The van der Waals surface area contributed by atoms with E-state index in [1.165, 1.54) is 154 Å². The van der Waals surface area contributed by atoms with Crippen LogP contribution >= 0.6 is 0 Å². The maximum atomic E-state index is 2.30. The zero-order chi connectivity index (χ0) is 22.8. The summed E-state index contributed by atoms with van der Waals surface area (Å²) in [6, 6.07) is 4.15. The van der Waals surface area contributed by atoms with E-state index in [1.807, 2.05) is 0 Å². The molecule has 0 aromatic carbocycles. The van der Waals surface area contributed by atoms with Crippen molar-refractivity contribution >= 4 is 6.20 Å². The topological polar surface area (TPSA) is 4.93 Å². The summed E-state index contributed by atoms with van der Waals surface area (Å²) in [5, 5.41) is 0. The van der Waals surface area contributed by atoms with Gasteiger partial charge in [-0.15, -0.1) is 0 Å². The summed E-state index contributed by atoms with van der Waals surface area (Å²) >= 11 is 0. The fraction of sp³-hybridized carbons (Fsp3) is 0.806. The molecule has 0 saturated carbocycles. The summed E-state index contributed by atoms with van der Waals surface area (Å²) in [5.74, 6) is 0. The van der Waals surface area contributed by atoms with E-state index in [0.29, 0.717) is 0 Å². The number of aromatic nitrogens is 1. The third kappa shape index (κ3) is 20.9. The minimum atomic E-state index is 1.22. The van der Waals surface area contributed by atoms with E-state index < -0.39 is 0 Å². The molecule has 1 nitrogen and oxygen atoms in total. The predicted octanol–water partition coefficient (Wildman–Crippen LogP) is 11.3. The minimum Gasteiger partial charge on any atom is -0.331 e. The van der Waals surface area contributed by atoms with E-state index in [1.54, 1.807) is 0 Å². The van der Waals surface area contributed by atoms with Gasteiger partial charge < -0.3 is 4.57 Å². The van der Waals surface area contributed by atoms with Crippen LogP contribution in [-0.4, -0.2) is 4.57 Å². The van der Waals surface area contributed by atoms with Gasteiger partial charge >= 0.3 is 0 Å². The Morgan fingerprint density at radius 1 is 0.438 bits per heavy atom. The van der Waals surface area contributed by atoms with Crippen LogP contribution in [-0.2, 0) is 0 Å². The van der Waals surface area contributed by atoms with Gasteiger partial charge in [0.25, 0.3) is 0 Å². The Bertz CT molecular complexity index is 473. The number of nitrogens with zero attached hydrogens (tertiary/aromatic N) is 1. The number of hydrogen-bond acceptors (Lipinski definition) is 0. The van der Waals surface area contributed by atoms with Crippen LogP contribution in [0.15, 0.2) is 30.6 Å². The van der Waals surface area contributed by atoms with E-state index in [4.69, 9.17) is 0 Å². The van der Waals surface area contributed by atoms with E-state index in [0.717, 1.165) is 0 Å². The van der Waals surface area contributed by atoms with E-state index in [2.05, 4.69) is 48.3 Å². The van der Waals surface area contributed by atoms with Gasteiger partial charge in [-0.3, -0.25) is 0 Å². The first kappa shape index (κ1) is 29.1. The quantitative estimate of drug-likeness (QED) is 0.132. The average Bonchev–Trinajstić information content (AvgIpc) is 3.32. The number of allylic oxidation sites excluding steroid dienone is 1. The lowest BCUT2D eigenvalue weighted by Gasteiger charge is -2.04. The van der Waals surface area contributed by atoms with Gasteiger partial charge in [0.1, 0.15) is 0 Å². The van der Waals surface area contributed by atoms with E-state index in [9.17, 15) is 0 Å². The van der Waals surface area contributed by atoms with Crippen molar-refractivity contribution in [3.63, 3.8) is 0 Å². The van der Waals surface area contributed by atoms with Crippen LogP contribution < -0.4 is 0 Å². The summed E-state index contributed by atoms with van der Waals surface area (Å²) < 4.78 is 2.12. The Morgan fingerprint density at radius 2 is 0.750 bits per heavy atom. The van der Waals surface area contributed by atoms with E-state index in [-0.39, 0.29) is 0 Å². The van der Waals surface area contributed by atoms with Crippen molar-refractivity contribution in [1.82, 2.24) is 4.57 Å². The van der Waals surface area contributed by atoms with Crippen LogP contribution in [0.2, 0.25) is 0 Å². The molecule has 1 heterocycles. The summed E-state index contributed by atoms with van der Waals surface area (Å²) in [7, 11) is 0. The lowest BCUT2D eigenvalue weighted by Crippen LogP contribution is -1.84. The van der Waals surface area contributed by atoms with Gasteiger partial charge in [-0.25, -0.2) is 0 Å². The van der Waals surface area contributed by atoms with Gasteiger partial charge in [-0.2, -0.15) is 0 Å². The van der Waals surface area contributed by atoms with Crippen LogP contribution in [0.3, 0.4) is 0 Å². The van der Waals surface area contributed by atoms with Gasteiger partial charge in [0.05, 0.1) is 0 Å². The Kier molecular flexibility index (Phi) is 22.4. The van der Waals surface area contributed by atoms with Crippen LogP contribution in [0.25, 0.3) is 6.20 Å². The maximum Gasteiger partial charge on any atom is 0.00823 e. The molecule has 0 amide bonds. The second-order valence-electron chi connectivity index (χ2n) is 10.1. The number of hydrogen-bond donors (Lipinski definition) is 0. The molecular weight excluding hydrogens is 386 g/mol. The van der Waals surface area contributed by atoms with E-state index >= 15 is 0 Å². The minimum absolute atomic E-state index is 1.22. The van der Waals surface area contributed by atoms with Crippen LogP contribution in [0.4, 0.5) is 0 Å². The Morgan fingerprint density at radius 3 is 1.09 bits per heavy atom. The van der Waals surface area contributed by atoms with Crippen molar-refractivity contribution in [2.45, 2.75) is 161 Å². The predicted molar refractivity (Wildman–Crippen MR) is 146 cm³/mol. The second-order valence-corrected chi connectivity index (χ2v) is 10.1.